The van der Waals surface area contributed by atoms with Crippen LogP contribution in [0.15, 0.2) is 9.70 Å². The third-order valence-electron chi connectivity index (χ3n) is 6.46. The van der Waals surface area contributed by atoms with Gasteiger partial charge in [-0.3, -0.25) is 23.9 Å². The number of amides is 1. The first-order chi connectivity index (χ1) is 16.6. The van der Waals surface area contributed by atoms with Gasteiger partial charge in [-0.2, -0.15) is 5.26 Å². The van der Waals surface area contributed by atoms with Gasteiger partial charge in [-0.1, -0.05) is 37.8 Å². The fourth-order valence-corrected chi connectivity index (χ4v) is 5.68. The van der Waals surface area contributed by atoms with E-state index in [0.717, 1.165) is 6.42 Å². The topological polar surface area (TPSA) is 95.6 Å². The molecule has 2 aliphatic rings. The molecule has 2 aliphatic heterocycles. The van der Waals surface area contributed by atoms with Crippen LogP contribution in [0.25, 0.3) is 6.08 Å². The number of hydrogen-bond donors (Lipinski definition) is 0. The second-order valence-electron chi connectivity index (χ2n) is 9.24. The summed E-state index contributed by atoms with van der Waals surface area (Å²) in [5.74, 6) is 0.559. The van der Waals surface area contributed by atoms with Crippen LogP contribution in [0, 0.1) is 30.1 Å². The first-order valence-corrected chi connectivity index (χ1v) is 13.1. The molecule has 3 rings (SSSR count). The van der Waals surface area contributed by atoms with Gasteiger partial charge >= 0.3 is 5.97 Å². The lowest BCUT2D eigenvalue weighted by atomic mass is 9.95. The Morgan fingerprint density at radius 3 is 2.54 bits per heavy atom. The van der Waals surface area contributed by atoms with Crippen molar-refractivity contribution in [1.82, 2.24) is 9.47 Å². The number of hydrogen-bond acceptors (Lipinski definition) is 8. The number of carbonyl (C=O) groups is 2. The summed E-state index contributed by atoms with van der Waals surface area (Å²) in [4.78, 5) is 42.5. The van der Waals surface area contributed by atoms with Gasteiger partial charge < -0.3 is 9.64 Å². The zero-order chi connectivity index (χ0) is 25.9. The minimum absolute atomic E-state index is 0.0548. The molecule has 0 bridgehead atoms. The van der Waals surface area contributed by atoms with E-state index in [0.29, 0.717) is 71.2 Å². The first kappa shape index (κ1) is 27.0. The molecule has 8 nitrogen and oxygen atoms in total. The van der Waals surface area contributed by atoms with Gasteiger partial charge in [-0.25, -0.2) is 0 Å². The molecule has 1 aromatic heterocycles. The normalized spacial score (nSPS) is 18.0. The zero-order valence-corrected chi connectivity index (χ0v) is 22.6. The molecular formula is C25H32N4O4S2. The lowest BCUT2D eigenvalue weighted by Gasteiger charge is -2.35. The number of esters is 1. The van der Waals surface area contributed by atoms with Gasteiger partial charge in [0.25, 0.3) is 11.5 Å². The Labute approximate surface area is 215 Å². The Bertz CT molecular complexity index is 1160. The summed E-state index contributed by atoms with van der Waals surface area (Å²) < 4.78 is 7.17. The Balaban J connectivity index is 2.01. The smallest absolute Gasteiger partial charge is 0.309 e. The van der Waals surface area contributed by atoms with Gasteiger partial charge in [0.2, 0.25) is 0 Å². The Morgan fingerprint density at radius 1 is 1.31 bits per heavy atom. The highest BCUT2D eigenvalue weighted by molar-refractivity contribution is 8.26. The SMILES string of the molecule is CCOC(=O)C1CCN(c2c(C=C3SC(=S)N(CCC(C)C)C3=O)c(C)c(C#N)c(=O)n2C)CC1. The van der Waals surface area contributed by atoms with Crippen LogP contribution in [0.5, 0.6) is 0 Å². The monoisotopic (exact) mass is 516 g/mol. The summed E-state index contributed by atoms with van der Waals surface area (Å²) in [6, 6.07) is 2.03. The molecule has 3 heterocycles. The maximum absolute atomic E-state index is 13.2. The highest BCUT2D eigenvalue weighted by Gasteiger charge is 2.34. The summed E-state index contributed by atoms with van der Waals surface area (Å²) in [6.45, 7) is 9.74. The maximum atomic E-state index is 13.2. The van der Waals surface area contributed by atoms with Crippen LogP contribution >= 0.6 is 24.0 Å². The fourth-order valence-electron chi connectivity index (χ4n) is 4.39. The lowest BCUT2D eigenvalue weighted by Crippen LogP contribution is -2.40. The number of nitrogens with zero attached hydrogens (tertiary/aromatic N) is 4. The quantitative estimate of drug-likeness (QED) is 0.308. The molecule has 1 amide bonds. The van der Waals surface area contributed by atoms with E-state index in [1.54, 1.807) is 31.9 Å². The number of rotatable bonds is 7. The number of nitriles is 1. The highest BCUT2D eigenvalue weighted by atomic mass is 32.2. The molecule has 0 aromatic carbocycles. The van der Waals surface area contributed by atoms with Crippen molar-refractivity contribution in [1.29, 1.82) is 5.26 Å². The molecule has 188 valence electrons. The van der Waals surface area contributed by atoms with Crippen molar-refractivity contribution in [3.05, 3.63) is 31.9 Å². The second-order valence-corrected chi connectivity index (χ2v) is 10.9. The molecule has 0 atom stereocenters. The van der Waals surface area contributed by atoms with Crippen LogP contribution in [0.2, 0.25) is 0 Å². The summed E-state index contributed by atoms with van der Waals surface area (Å²) in [5.41, 5.74) is 0.863. The summed E-state index contributed by atoms with van der Waals surface area (Å²) in [7, 11) is 1.64. The molecule has 0 saturated carbocycles. The summed E-state index contributed by atoms with van der Waals surface area (Å²) >= 11 is 6.72. The molecule has 0 N–H and O–H groups in total. The van der Waals surface area contributed by atoms with E-state index in [1.807, 2.05) is 6.07 Å². The first-order valence-electron chi connectivity index (χ1n) is 11.9. The van der Waals surface area contributed by atoms with Crippen LogP contribution in [-0.2, 0) is 21.4 Å². The highest BCUT2D eigenvalue weighted by Crippen LogP contribution is 2.36. The van der Waals surface area contributed by atoms with Gasteiger partial charge in [-0.15, -0.1) is 0 Å². The van der Waals surface area contributed by atoms with E-state index in [-0.39, 0.29) is 28.9 Å². The molecule has 2 fully saturated rings. The minimum Gasteiger partial charge on any atom is -0.466 e. The fraction of sp³-hybridized carbons (Fsp3) is 0.560. The van der Waals surface area contributed by atoms with Gasteiger partial charge in [0, 0.05) is 32.2 Å². The van der Waals surface area contributed by atoms with Crippen molar-refractivity contribution in [2.75, 3.05) is 31.1 Å². The number of aromatic nitrogens is 1. The van der Waals surface area contributed by atoms with Crippen LogP contribution in [0.4, 0.5) is 5.82 Å². The molecule has 0 radical (unpaired) electrons. The van der Waals surface area contributed by atoms with Crippen LogP contribution < -0.4 is 10.5 Å². The minimum atomic E-state index is -0.380. The number of piperidine rings is 1. The van der Waals surface area contributed by atoms with E-state index < -0.39 is 0 Å². The molecule has 0 aliphatic carbocycles. The standard InChI is InChI=1S/C25H32N4O4S2/c1-6-33-24(32)17-8-10-28(11-9-17)21-18(16(4)19(14-26)22(30)27(21)5)13-20-23(31)29(25(34)35-20)12-7-15(2)3/h13,15,17H,6-12H2,1-5H3. The Kier molecular flexibility index (Phi) is 8.78. The van der Waals surface area contributed by atoms with Gasteiger partial charge in [0.1, 0.15) is 21.8 Å². The molecule has 0 unspecified atom stereocenters. The van der Waals surface area contributed by atoms with Crippen molar-refractivity contribution >= 4 is 52.1 Å². The molecule has 35 heavy (non-hydrogen) atoms. The molecule has 1 aromatic rings. The van der Waals surface area contributed by atoms with Crippen LogP contribution in [0.3, 0.4) is 0 Å². The molecule has 2 saturated heterocycles. The maximum Gasteiger partial charge on any atom is 0.309 e. The average molecular weight is 517 g/mol. The summed E-state index contributed by atoms with van der Waals surface area (Å²) in [6.07, 6.45) is 3.81. The molecule has 10 heteroatoms. The van der Waals surface area contributed by atoms with Gasteiger partial charge in [-0.05, 0) is 50.7 Å². The number of pyridine rings is 1. The Hall–Kier alpha value is -2.64. The number of thioether (sulfide) groups is 1. The molecular weight excluding hydrogens is 484 g/mol. The van der Waals surface area contributed by atoms with Crippen molar-refractivity contribution in [3.63, 3.8) is 0 Å². The third-order valence-corrected chi connectivity index (χ3v) is 7.84. The lowest BCUT2D eigenvalue weighted by molar-refractivity contribution is -0.148. The molecule has 0 spiro atoms. The van der Waals surface area contributed by atoms with Gasteiger partial charge in [0.05, 0.1) is 17.4 Å². The van der Waals surface area contributed by atoms with Crippen LogP contribution in [-0.4, -0.2) is 51.9 Å². The van der Waals surface area contributed by atoms with E-state index in [4.69, 9.17) is 17.0 Å². The Morgan fingerprint density at radius 2 is 1.97 bits per heavy atom. The second kappa shape index (κ2) is 11.4. The van der Waals surface area contributed by atoms with E-state index in [2.05, 4.69) is 18.7 Å². The zero-order valence-electron chi connectivity index (χ0n) is 20.9. The van der Waals surface area contributed by atoms with Crippen molar-refractivity contribution in [2.45, 2.75) is 47.0 Å². The summed E-state index contributed by atoms with van der Waals surface area (Å²) in [5, 5.41) is 9.66. The van der Waals surface area contributed by atoms with E-state index in [1.165, 1.54) is 16.3 Å². The predicted molar refractivity (Wildman–Crippen MR) is 142 cm³/mol. The van der Waals surface area contributed by atoms with E-state index >= 15 is 0 Å². The van der Waals surface area contributed by atoms with E-state index in [9.17, 15) is 19.6 Å². The number of carbonyl (C=O) groups excluding carboxylic acids is 2. The number of thiocarbonyl (C=S) groups is 1. The third kappa shape index (κ3) is 5.62. The van der Waals surface area contributed by atoms with Crippen molar-refractivity contribution in [3.8, 4) is 6.07 Å². The largest absolute Gasteiger partial charge is 0.466 e. The average Bonchev–Trinajstić information content (AvgIpc) is 3.09. The van der Waals surface area contributed by atoms with Gasteiger partial charge in [0.15, 0.2) is 0 Å². The van der Waals surface area contributed by atoms with Crippen LogP contribution in [0.1, 0.15) is 56.7 Å². The number of anilines is 1. The van der Waals surface area contributed by atoms with Crippen molar-refractivity contribution in [2.24, 2.45) is 18.9 Å². The number of ether oxygens (including phenoxy) is 1. The van der Waals surface area contributed by atoms with Crippen molar-refractivity contribution < 1.29 is 14.3 Å². The predicted octanol–water partition coefficient (Wildman–Crippen LogP) is 3.59.